The van der Waals surface area contributed by atoms with Gasteiger partial charge in [-0.05, 0) is 24.3 Å². The molecule has 1 aromatic carbocycles. The van der Waals surface area contributed by atoms with Crippen LogP contribution in [0.2, 0.25) is 0 Å². The number of anilines is 1. The molecule has 0 atom stereocenters. The van der Waals surface area contributed by atoms with Crippen LogP contribution in [0.25, 0.3) is 10.6 Å². The maximum atomic E-state index is 12.6. The molecule has 6 nitrogen and oxygen atoms in total. The molecular weight excluding hydrogens is 384 g/mol. The Morgan fingerprint density at radius 3 is 2.28 bits per heavy atom. The maximum Gasteiger partial charge on any atom is 0.229 e. The van der Waals surface area contributed by atoms with E-state index >= 15 is 0 Å². The Bertz CT molecular complexity index is 860. The summed E-state index contributed by atoms with van der Waals surface area (Å²) in [6.07, 6.45) is 1.35. The van der Waals surface area contributed by atoms with Crippen LogP contribution >= 0.6 is 11.3 Å². The van der Waals surface area contributed by atoms with E-state index in [-0.39, 0.29) is 23.1 Å². The van der Waals surface area contributed by atoms with Gasteiger partial charge in [-0.1, -0.05) is 70.2 Å². The fraction of sp³-hybridized carbons (Fsp3) is 0.545. The van der Waals surface area contributed by atoms with Gasteiger partial charge in [0.05, 0.1) is 0 Å². The molecule has 0 aliphatic carbocycles. The zero-order valence-corrected chi connectivity index (χ0v) is 18.7. The highest BCUT2D eigenvalue weighted by Gasteiger charge is 2.32. The number of piperidine rings is 1. The van der Waals surface area contributed by atoms with Crippen molar-refractivity contribution in [3.63, 3.8) is 0 Å². The second-order valence-corrected chi connectivity index (χ2v) is 9.97. The molecule has 1 N–H and O–H groups in total. The van der Waals surface area contributed by atoms with E-state index in [9.17, 15) is 9.59 Å². The van der Waals surface area contributed by atoms with E-state index in [1.54, 1.807) is 0 Å². The quantitative estimate of drug-likeness (QED) is 0.796. The number of aromatic nitrogens is 2. The van der Waals surface area contributed by atoms with E-state index in [0.717, 1.165) is 10.6 Å². The highest BCUT2D eigenvalue weighted by atomic mass is 32.1. The van der Waals surface area contributed by atoms with Gasteiger partial charge in [-0.15, -0.1) is 10.2 Å². The highest BCUT2D eigenvalue weighted by Crippen LogP contribution is 2.29. The molecule has 2 heterocycles. The Balaban J connectivity index is 1.56. The van der Waals surface area contributed by atoms with E-state index in [1.165, 1.54) is 16.9 Å². The molecule has 1 aliphatic heterocycles. The van der Waals surface area contributed by atoms with Crippen LogP contribution in [0.15, 0.2) is 24.3 Å². The Morgan fingerprint density at radius 2 is 1.72 bits per heavy atom. The third-order valence-electron chi connectivity index (χ3n) is 5.27. The van der Waals surface area contributed by atoms with Gasteiger partial charge in [-0.2, -0.15) is 0 Å². The first-order valence-electron chi connectivity index (χ1n) is 10.2. The predicted molar refractivity (Wildman–Crippen MR) is 117 cm³/mol. The lowest BCUT2D eigenvalue weighted by atomic mass is 9.91. The summed E-state index contributed by atoms with van der Waals surface area (Å²) >= 11 is 1.38. The lowest BCUT2D eigenvalue weighted by Gasteiger charge is -2.35. The molecule has 156 valence electrons. The summed E-state index contributed by atoms with van der Waals surface area (Å²) in [5.41, 5.74) is 1.90. The van der Waals surface area contributed by atoms with Gasteiger partial charge in [0.25, 0.3) is 0 Å². The monoisotopic (exact) mass is 414 g/mol. The third kappa shape index (κ3) is 5.21. The normalized spacial score (nSPS) is 15.6. The minimum Gasteiger partial charge on any atom is -0.342 e. The summed E-state index contributed by atoms with van der Waals surface area (Å²) in [5, 5.41) is 12.6. The van der Waals surface area contributed by atoms with Crippen LogP contribution in [0.5, 0.6) is 0 Å². The summed E-state index contributed by atoms with van der Waals surface area (Å²) in [6, 6.07) is 8.30. The van der Waals surface area contributed by atoms with Crippen molar-refractivity contribution in [1.82, 2.24) is 15.1 Å². The molecule has 0 radical (unpaired) electrons. The Hall–Kier alpha value is -2.28. The number of carbonyl (C=O) groups is 2. The Morgan fingerprint density at radius 1 is 1.10 bits per heavy atom. The molecule has 7 heteroatoms. The van der Waals surface area contributed by atoms with Gasteiger partial charge >= 0.3 is 0 Å². The number of likely N-dealkylation sites (tertiary alicyclic amines) is 1. The molecule has 29 heavy (non-hydrogen) atoms. The number of nitrogens with zero attached hydrogens (tertiary/aromatic N) is 3. The van der Waals surface area contributed by atoms with Crippen LogP contribution in [0, 0.1) is 11.3 Å². The van der Waals surface area contributed by atoms with E-state index in [1.807, 2.05) is 37.8 Å². The zero-order valence-electron chi connectivity index (χ0n) is 17.9. The third-order valence-corrected chi connectivity index (χ3v) is 6.16. The first-order chi connectivity index (χ1) is 13.6. The summed E-state index contributed by atoms with van der Waals surface area (Å²) < 4.78 is 0. The van der Waals surface area contributed by atoms with Gasteiger partial charge in [0.1, 0.15) is 5.01 Å². The number of nitrogens with one attached hydrogen (secondary N) is 1. The highest BCUT2D eigenvalue weighted by molar-refractivity contribution is 7.18. The standard InChI is InChI=1S/C22H30N4O2S/c1-14(2)15-6-8-17(9-7-15)19-24-25-21(29-19)23-18(27)16-10-12-26(13-11-16)20(28)22(3,4)5/h6-9,14,16H,10-13H2,1-5H3,(H,23,25,27). The van der Waals surface area contributed by atoms with Crippen molar-refractivity contribution in [3.05, 3.63) is 29.8 Å². The second kappa shape index (κ2) is 8.61. The molecule has 2 amide bonds. The summed E-state index contributed by atoms with van der Waals surface area (Å²) in [4.78, 5) is 26.9. The molecule has 0 bridgehead atoms. The summed E-state index contributed by atoms with van der Waals surface area (Å²) in [5.74, 6) is 0.495. The van der Waals surface area contributed by atoms with Crippen molar-refractivity contribution in [2.45, 2.75) is 53.4 Å². The molecule has 0 saturated carbocycles. The number of carbonyl (C=O) groups excluding carboxylic acids is 2. The van der Waals surface area contributed by atoms with Crippen molar-refractivity contribution in [1.29, 1.82) is 0 Å². The van der Waals surface area contributed by atoms with E-state index in [2.05, 4.69) is 41.5 Å². The van der Waals surface area contributed by atoms with E-state index < -0.39 is 0 Å². The fourth-order valence-corrected chi connectivity index (χ4v) is 4.18. The SMILES string of the molecule is CC(C)c1ccc(-c2nnc(NC(=O)C3CCN(C(=O)C(C)(C)C)CC3)s2)cc1. The van der Waals surface area contributed by atoms with Crippen LogP contribution in [-0.2, 0) is 9.59 Å². The van der Waals surface area contributed by atoms with Crippen molar-refractivity contribution < 1.29 is 9.59 Å². The average molecular weight is 415 g/mol. The molecule has 3 rings (SSSR count). The predicted octanol–water partition coefficient (Wildman–Crippen LogP) is 4.55. The number of benzene rings is 1. The average Bonchev–Trinajstić information content (AvgIpc) is 3.15. The van der Waals surface area contributed by atoms with Crippen molar-refractivity contribution >= 4 is 28.3 Å². The van der Waals surface area contributed by atoms with E-state index in [0.29, 0.717) is 37.0 Å². The topological polar surface area (TPSA) is 75.2 Å². The van der Waals surface area contributed by atoms with Gasteiger partial charge in [0.15, 0.2) is 0 Å². The van der Waals surface area contributed by atoms with Crippen LogP contribution in [-0.4, -0.2) is 40.0 Å². The minimum absolute atomic E-state index is 0.0364. The maximum absolute atomic E-state index is 12.6. The second-order valence-electron chi connectivity index (χ2n) is 8.99. The smallest absolute Gasteiger partial charge is 0.229 e. The molecule has 1 saturated heterocycles. The van der Waals surface area contributed by atoms with Gasteiger partial charge in [-0.3, -0.25) is 9.59 Å². The first-order valence-corrected chi connectivity index (χ1v) is 11.0. The number of rotatable bonds is 4. The Kier molecular flexibility index (Phi) is 6.36. The van der Waals surface area contributed by atoms with Crippen LogP contribution in [0.3, 0.4) is 0 Å². The van der Waals surface area contributed by atoms with Gasteiger partial charge < -0.3 is 10.2 Å². The first kappa shape index (κ1) is 21.4. The number of hydrogen-bond acceptors (Lipinski definition) is 5. The van der Waals surface area contributed by atoms with Gasteiger partial charge in [0, 0.05) is 30.0 Å². The summed E-state index contributed by atoms with van der Waals surface area (Å²) in [7, 11) is 0. The van der Waals surface area contributed by atoms with Crippen LogP contribution in [0.4, 0.5) is 5.13 Å². The lowest BCUT2D eigenvalue weighted by molar-refractivity contribution is -0.142. The molecular formula is C22H30N4O2S. The molecule has 2 aromatic rings. The zero-order chi connectivity index (χ0) is 21.2. The largest absolute Gasteiger partial charge is 0.342 e. The minimum atomic E-state index is -0.384. The lowest BCUT2D eigenvalue weighted by Crippen LogP contribution is -2.45. The van der Waals surface area contributed by atoms with Crippen molar-refractivity contribution in [2.24, 2.45) is 11.3 Å². The van der Waals surface area contributed by atoms with Crippen LogP contribution in [0.1, 0.15) is 58.9 Å². The van der Waals surface area contributed by atoms with Crippen LogP contribution < -0.4 is 5.32 Å². The molecule has 0 spiro atoms. The number of amides is 2. The molecule has 1 aromatic heterocycles. The molecule has 1 fully saturated rings. The molecule has 0 unspecified atom stereocenters. The number of hydrogen-bond donors (Lipinski definition) is 1. The summed E-state index contributed by atoms with van der Waals surface area (Å²) in [6.45, 7) is 11.4. The molecule has 1 aliphatic rings. The van der Waals surface area contributed by atoms with Gasteiger partial charge in [0.2, 0.25) is 16.9 Å². The van der Waals surface area contributed by atoms with Crippen molar-refractivity contribution in [3.8, 4) is 10.6 Å². The Labute approximate surface area is 176 Å². The van der Waals surface area contributed by atoms with Crippen molar-refractivity contribution in [2.75, 3.05) is 18.4 Å². The fourth-order valence-electron chi connectivity index (χ4n) is 3.43. The van der Waals surface area contributed by atoms with Gasteiger partial charge in [-0.25, -0.2) is 0 Å². The van der Waals surface area contributed by atoms with E-state index in [4.69, 9.17) is 0 Å².